The van der Waals surface area contributed by atoms with Crippen LogP contribution in [0.5, 0.6) is 0 Å². The van der Waals surface area contributed by atoms with Crippen molar-refractivity contribution in [2.24, 2.45) is 5.73 Å². The zero-order chi connectivity index (χ0) is 19.9. The number of carbonyl (C=O) groups is 5. The number of likely N-dealkylation sites (tertiary alicyclic amines) is 1. The first-order chi connectivity index (χ1) is 12.1. The number of carboxylic acid groups (broad SMARTS) is 2. The second-order valence-electron chi connectivity index (χ2n) is 6.08. The van der Waals surface area contributed by atoms with E-state index in [9.17, 15) is 24.0 Å². The van der Waals surface area contributed by atoms with Crippen LogP contribution < -0.4 is 16.4 Å². The molecule has 1 aliphatic heterocycles. The monoisotopic (exact) mass is 372 g/mol. The van der Waals surface area contributed by atoms with Crippen LogP contribution in [-0.2, 0) is 24.0 Å². The van der Waals surface area contributed by atoms with E-state index >= 15 is 0 Å². The van der Waals surface area contributed by atoms with Crippen LogP contribution in [-0.4, -0.2) is 76.0 Å². The Labute approximate surface area is 149 Å². The summed E-state index contributed by atoms with van der Waals surface area (Å²) in [5, 5.41) is 22.4. The van der Waals surface area contributed by atoms with Crippen LogP contribution in [0.15, 0.2) is 0 Å². The molecule has 1 heterocycles. The van der Waals surface area contributed by atoms with Crippen molar-refractivity contribution < 1.29 is 34.2 Å². The maximum absolute atomic E-state index is 12.3. The van der Waals surface area contributed by atoms with Gasteiger partial charge in [-0.15, -0.1) is 0 Å². The second-order valence-corrected chi connectivity index (χ2v) is 6.08. The van der Waals surface area contributed by atoms with E-state index < -0.39 is 54.2 Å². The molecule has 1 rings (SSSR count). The lowest BCUT2D eigenvalue weighted by molar-refractivity contribution is -0.144. The molecule has 0 radical (unpaired) electrons. The third-order valence-electron chi connectivity index (χ3n) is 3.96. The van der Waals surface area contributed by atoms with E-state index in [0.717, 1.165) is 0 Å². The molecule has 1 aliphatic rings. The van der Waals surface area contributed by atoms with Crippen molar-refractivity contribution in [3.05, 3.63) is 0 Å². The van der Waals surface area contributed by atoms with Gasteiger partial charge in [-0.1, -0.05) is 0 Å². The van der Waals surface area contributed by atoms with Crippen molar-refractivity contribution >= 4 is 29.7 Å². The molecule has 11 heteroatoms. The number of amides is 3. The zero-order valence-electron chi connectivity index (χ0n) is 14.4. The van der Waals surface area contributed by atoms with Crippen molar-refractivity contribution in [3.8, 4) is 0 Å². The molecular formula is C15H24N4O7. The van der Waals surface area contributed by atoms with Gasteiger partial charge in [0.15, 0.2) is 0 Å². The third-order valence-corrected chi connectivity index (χ3v) is 3.96. The minimum atomic E-state index is -1.35. The highest BCUT2D eigenvalue weighted by molar-refractivity contribution is 5.93. The van der Waals surface area contributed by atoms with Crippen LogP contribution >= 0.6 is 0 Å². The summed E-state index contributed by atoms with van der Waals surface area (Å²) in [6.07, 6.45) is 0.234. The quantitative estimate of drug-likeness (QED) is 0.304. The number of hydrogen-bond donors (Lipinski definition) is 5. The van der Waals surface area contributed by atoms with Gasteiger partial charge in [-0.3, -0.25) is 19.2 Å². The molecule has 0 aromatic rings. The van der Waals surface area contributed by atoms with Crippen molar-refractivity contribution in [2.45, 2.75) is 50.7 Å². The fourth-order valence-corrected chi connectivity index (χ4v) is 2.56. The van der Waals surface area contributed by atoms with E-state index in [1.54, 1.807) is 0 Å². The summed E-state index contributed by atoms with van der Waals surface area (Å²) in [5.41, 5.74) is 5.39. The first kappa shape index (κ1) is 21.4. The first-order valence-corrected chi connectivity index (χ1v) is 8.21. The number of nitrogens with two attached hydrogens (primary N) is 1. The van der Waals surface area contributed by atoms with Gasteiger partial charge in [-0.05, 0) is 26.2 Å². The Hall–Kier alpha value is -2.69. The lowest BCUT2D eigenvalue weighted by atomic mass is 10.1. The van der Waals surface area contributed by atoms with Gasteiger partial charge in [0.2, 0.25) is 17.7 Å². The first-order valence-electron chi connectivity index (χ1n) is 8.21. The predicted molar refractivity (Wildman–Crippen MR) is 87.8 cm³/mol. The van der Waals surface area contributed by atoms with Gasteiger partial charge in [0.05, 0.1) is 12.6 Å². The molecule has 0 bridgehead atoms. The summed E-state index contributed by atoms with van der Waals surface area (Å²) < 4.78 is 0. The molecule has 6 N–H and O–H groups in total. The van der Waals surface area contributed by atoms with Crippen LogP contribution in [0.3, 0.4) is 0 Å². The van der Waals surface area contributed by atoms with E-state index in [0.29, 0.717) is 19.4 Å². The molecule has 0 saturated carbocycles. The average molecular weight is 372 g/mol. The maximum atomic E-state index is 12.3. The molecule has 0 aliphatic carbocycles. The highest BCUT2D eigenvalue weighted by Crippen LogP contribution is 2.18. The Bertz CT molecular complexity index is 578. The molecule has 0 spiro atoms. The number of carboxylic acids is 2. The summed E-state index contributed by atoms with van der Waals surface area (Å²) in [5.74, 6) is -4.16. The lowest BCUT2D eigenvalue weighted by Gasteiger charge is -2.25. The SMILES string of the molecule is C[C@H](N)C(=O)NCC(=O)N1CCC[C@H]1C(=O)N[C@@H](CCC(=O)O)C(=O)O. The van der Waals surface area contributed by atoms with Gasteiger partial charge in [-0.2, -0.15) is 0 Å². The van der Waals surface area contributed by atoms with Gasteiger partial charge in [0, 0.05) is 13.0 Å². The molecule has 1 fully saturated rings. The normalized spacial score (nSPS) is 18.7. The van der Waals surface area contributed by atoms with E-state index in [2.05, 4.69) is 10.6 Å². The number of aliphatic carboxylic acids is 2. The average Bonchev–Trinajstić information content (AvgIpc) is 3.05. The highest BCUT2D eigenvalue weighted by Gasteiger charge is 2.35. The molecule has 1 saturated heterocycles. The second kappa shape index (κ2) is 9.70. The van der Waals surface area contributed by atoms with Crippen LogP contribution in [0.1, 0.15) is 32.6 Å². The topological polar surface area (TPSA) is 179 Å². The molecule has 0 aromatic heterocycles. The number of nitrogens with one attached hydrogen (secondary N) is 2. The molecule has 146 valence electrons. The van der Waals surface area contributed by atoms with Gasteiger partial charge >= 0.3 is 11.9 Å². The number of rotatable bonds is 9. The molecule has 3 amide bonds. The fraction of sp³-hybridized carbons (Fsp3) is 0.667. The number of nitrogens with zero attached hydrogens (tertiary/aromatic N) is 1. The van der Waals surface area contributed by atoms with Crippen molar-refractivity contribution in [1.82, 2.24) is 15.5 Å². The predicted octanol–water partition coefficient (Wildman–Crippen LogP) is -2.12. The summed E-state index contributed by atoms with van der Waals surface area (Å²) >= 11 is 0. The highest BCUT2D eigenvalue weighted by atomic mass is 16.4. The molecule has 11 nitrogen and oxygen atoms in total. The zero-order valence-corrected chi connectivity index (χ0v) is 14.4. The third kappa shape index (κ3) is 6.31. The van der Waals surface area contributed by atoms with Crippen molar-refractivity contribution in [1.29, 1.82) is 0 Å². The summed E-state index contributed by atoms with van der Waals surface area (Å²) in [7, 11) is 0. The molecular weight excluding hydrogens is 348 g/mol. The minimum absolute atomic E-state index is 0.262. The standard InChI is InChI=1S/C15H24N4O7/c1-8(16)13(23)17-7-11(20)19-6-2-3-10(19)14(24)18-9(15(25)26)4-5-12(21)22/h8-10H,2-7,16H2,1H3,(H,17,23)(H,18,24)(H,21,22)(H,25,26)/t8-,9-,10-/m0/s1. The smallest absolute Gasteiger partial charge is 0.326 e. The van der Waals surface area contributed by atoms with Gasteiger partial charge in [0.25, 0.3) is 0 Å². The Kier molecular flexibility index (Phi) is 7.97. The van der Waals surface area contributed by atoms with Crippen LogP contribution in [0.2, 0.25) is 0 Å². The summed E-state index contributed by atoms with van der Waals surface area (Å²) in [6.45, 7) is 1.46. The maximum Gasteiger partial charge on any atom is 0.326 e. The fourth-order valence-electron chi connectivity index (χ4n) is 2.56. The Morgan fingerprint density at radius 1 is 1.23 bits per heavy atom. The van der Waals surface area contributed by atoms with Crippen molar-refractivity contribution in [2.75, 3.05) is 13.1 Å². The molecule has 3 atom stereocenters. The number of hydrogen-bond acceptors (Lipinski definition) is 6. The number of carbonyl (C=O) groups excluding carboxylic acids is 3. The van der Waals surface area contributed by atoms with E-state index in [1.807, 2.05) is 0 Å². The molecule has 0 unspecified atom stereocenters. The van der Waals surface area contributed by atoms with Gasteiger partial charge in [0.1, 0.15) is 12.1 Å². The van der Waals surface area contributed by atoms with E-state index in [4.69, 9.17) is 15.9 Å². The Morgan fingerprint density at radius 3 is 2.42 bits per heavy atom. The summed E-state index contributed by atoms with van der Waals surface area (Å²) in [4.78, 5) is 59.0. The Balaban J connectivity index is 2.65. The van der Waals surface area contributed by atoms with E-state index in [-0.39, 0.29) is 13.0 Å². The van der Waals surface area contributed by atoms with Gasteiger partial charge in [-0.25, -0.2) is 4.79 Å². The largest absolute Gasteiger partial charge is 0.481 e. The van der Waals surface area contributed by atoms with Crippen LogP contribution in [0.4, 0.5) is 0 Å². The minimum Gasteiger partial charge on any atom is -0.481 e. The van der Waals surface area contributed by atoms with Crippen LogP contribution in [0.25, 0.3) is 0 Å². The Morgan fingerprint density at radius 2 is 1.88 bits per heavy atom. The molecule has 0 aromatic carbocycles. The van der Waals surface area contributed by atoms with Crippen molar-refractivity contribution in [3.63, 3.8) is 0 Å². The van der Waals surface area contributed by atoms with E-state index in [1.165, 1.54) is 11.8 Å². The lowest BCUT2D eigenvalue weighted by Crippen LogP contribution is -2.53. The molecule has 26 heavy (non-hydrogen) atoms. The van der Waals surface area contributed by atoms with Gasteiger partial charge < -0.3 is 31.5 Å². The summed E-state index contributed by atoms with van der Waals surface area (Å²) in [6, 6.07) is -2.98. The van der Waals surface area contributed by atoms with Crippen LogP contribution in [0, 0.1) is 0 Å².